The van der Waals surface area contributed by atoms with Gasteiger partial charge < -0.3 is 14.6 Å². The van der Waals surface area contributed by atoms with Crippen LogP contribution in [0.1, 0.15) is 43.4 Å². The van der Waals surface area contributed by atoms with Crippen LogP contribution in [-0.2, 0) is 20.7 Å². The van der Waals surface area contributed by atoms with E-state index in [1.165, 1.54) is 12.0 Å². The molecule has 4 aromatic rings. The number of H-pyrrole nitrogens is 1. The van der Waals surface area contributed by atoms with Crippen LogP contribution in [0.15, 0.2) is 79.0 Å². The lowest BCUT2D eigenvalue weighted by molar-refractivity contribution is -0.140. The van der Waals surface area contributed by atoms with E-state index in [1.807, 2.05) is 43.5 Å². The summed E-state index contributed by atoms with van der Waals surface area (Å²) in [7, 11) is 1.30. The average Bonchev–Trinajstić information content (AvgIpc) is 3.44. The summed E-state index contributed by atoms with van der Waals surface area (Å²) in [5.74, 6) is -3.45. The Bertz CT molecular complexity index is 1520. The molecule has 1 amide bonds. The molecule has 1 N–H and O–H groups in total. The molecule has 0 spiro atoms. The van der Waals surface area contributed by atoms with E-state index in [0.29, 0.717) is 23.1 Å². The highest BCUT2D eigenvalue weighted by Crippen LogP contribution is 2.38. The molecule has 0 saturated carbocycles. The molecule has 0 bridgehead atoms. The number of nitrogens with zero attached hydrogens (tertiary/aromatic N) is 1. The number of methoxy groups -OCH3 is 1. The van der Waals surface area contributed by atoms with E-state index in [0.717, 1.165) is 22.0 Å². The molecule has 7 heteroatoms. The third kappa shape index (κ3) is 4.44. The van der Waals surface area contributed by atoms with Gasteiger partial charge in [-0.2, -0.15) is 0 Å². The molecule has 2 heterocycles. The number of hydrogen-bond donors (Lipinski definition) is 1. The quantitative estimate of drug-likeness (QED) is 0.177. The van der Waals surface area contributed by atoms with Crippen LogP contribution in [0.25, 0.3) is 10.9 Å². The highest BCUT2D eigenvalue weighted by Gasteiger charge is 2.51. The van der Waals surface area contributed by atoms with Crippen LogP contribution in [0.5, 0.6) is 0 Å². The van der Waals surface area contributed by atoms with Gasteiger partial charge in [0.05, 0.1) is 18.7 Å². The molecule has 37 heavy (non-hydrogen) atoms. The second kappa shape index (κ2) is 9.85. The number of ether oxygens (including phenoxy) is 1. The van der Waals surface area contributed by atoms with Crippen LogP contribution in [0.3, 0.4) is 0 Å². The molecule has 1 aliphatic heterocycles. The van der Waals surface area contributed by atoms with Gasteiger partial charge in [-0.25, -0.2) is 4.79 Å². The number of carbonyl (C=O) groups excluding carboxylic acids is 4. The predicted molar refractivity (Wildman–Crippen MR) is 138 cm³/mol. The molecule has 7 nitrogen and oxygen atoms in total. The highest BCUT2D eigenvalue weighted by molar-refractivity contribution is 6.44. The first kappa shape index (κ1) is 24.2. The van der Waals surface area contributed by atoms with Crippen LogP contribution < -0.4 is 0 Å². The number of nitrogens with one attached hydrogen (secondary N) is 1. The average molecular weight is 495 g/mol. The molecule has 2 unspecified atom stereocenters. The van der Waals surface area contributed by atoms with Gasteiger partial charge in [-0.3, -0.25) is 14.4 Å². The number of fused-ring (bicyclic) bond motifs is 1. The Morgan fingerprint density at radius 1 is 0.946 bits per heavy atom. The van der Waals surface area contributed by atoms with E-state index >= 15 is 0 Å². The van der Waals surface area contributed by atoms with Crippen molar-refractivity contribution >= 4 is 34.3 Å². The summed E-state index contributed by atoms with van der Waals surface area (Å²) in [5.41, 5.74) is 4.23. The van der Waals surface area contributed by atoms with E-state index in [4.69, 9.17) is 4.74 Å². The third-order valence-corrected chi connectivity index (χ3v) is 6.96. The monoisotopic (exact) mass is 494 g/mol. The maximum absolute atomic E-state index is 13.6. The number of ketones is 2. The summed E-state index contributed by atoms with van der Waals surface area (Å²) in [6, 6.07) is 20.6. The molecule has 1 saturated heterocycles. The van der Waals surface area contributed by atoms with Gasteiger partial charge in [0, 0.05) is 29.2 Å². The molecule has 3 aromatic carbocycles. The predicted octanol–water partition coefficient (Wildman–Crippen LogP) is 4.46. The van der Waals surface area contributed by atoms with Crippen molar-refractivity contribution in [3.8, 4) is 0 Å². The number of rotatable bonds is 7. The minimum Gasteiger partial charge on any atom is -0.465 e. The third-order valence-electron chi connectivity index (χ3n) is 6.96. The zero-order valence-electron chi connectivity index (χ0n) is 20.6. The zero-order valence-corrected chi connectivity index (χ0v) is 20.6. The SMILES string of the molecule is COC(=O)c1ccc(C2C(C(=O)c3cccc(C)c3)C(=O)C(=O)N2CCc2c[nH]c3ccccc23)cc1. The molecule has 5 rings (SSSR count). The van der Waals surface area contributed by atoms with E-state index < -0.39 is 35.4 Å². The van der Waals surface area contributed by atoms with E-state index in [1.54, 1.807) is 42.5 Å². The summed E-state index contributed by atoms with van der Waals surface area (Å²) in [6.07, 6.45) is 2.41. The molecular weight excluding hydrogens is 468 g/mol. The van der Waals surface area contributed by atoms with Crippen molar-refractivity contribution in [2.24, 2.45) is 5.92 Å². The van der Waals surface area contributed by atoms with E-state index in [9.17, 15) is 19.2 Å². The number of amides is 1. The van der Waals surface area contributed by atoms with Crippen LogP contribution >= 0.6 is 0 Å². The van der Waals surface area contributed by atoms with Crippen molar-refractivity contribution < 1.29 is 23.9 Å². The van der Waals surface area contributed by atoms with Crippen molar-refractivity contribution in [1.29, 1.82) is 0 Å². The van der Waals surface area contributed by atoms with Crippen molar-refractivity contribution in [2.75, 3.05) is 13.7 Å². The normalized spacial score (nSPS) is 17.4. The second-order valence-corrected chi connectivity index (χ2v) is 9.24. The molecule has 1 fully saturated rings. The molecule has 2 atom stereocenters. The smallest absolute Gasteiger partial charge is 0.337 e. The summed E-state index contributed by atoms with van der Waals surface area (Å²) in [4.78, 5) is 56.9. The van der Waals surface area contributed by atoms with Gasteiger partial charge in [0.2, 0.25) is 5.78 Å². The van der Waals surface area contributed by atoms with Crippen molar-refractivity contribution in [3.63, 3.8) is 0 Å². The highest BCUT2D eigenvalue weighted by atomic mass is 16.5. The Kier molecular flexibility index (Phi) is 6.44. The Morgan fingerprint density at radius 3 is 2.43 bits per heavy atom. The molecule has 186 valence electrons. The van der Waals surface area contributed by atoms with Gasteiger partial charge in [-0.15, -0.1) is 0 Å². The minimum absolute atomic E-state index is 0.257. The number of carbonyl (C=O) groups is 4. The van der Waals surface area contributed by atoms with Gasteiger partial charge in [0.1, 0.15) is 5.92 Å². The van der Waals surface area contributed by atoms with Gasteiger partial charge in [-0.05, 0) is 48.7 Å². The van der Waals surface area contributed by atoms with Crippen molar-refractivity contribution in [1.82, 2.24) is 9.88 Å². The molecule has 0 radical (unpaired) electrons. The fraction of sp³-hybridized carbons (Fsp3) is 0.200. The first-order valence-corrected chi connectivity index (χ1v) is 12.1. The topological polar surface area (TPSA) is 96.5 Å². The Balaban J connectivity index is 1.52. The number of likely N-dealkylation sites (tertiary alicyclic amines) is 1. The first-order chi connectivity index (χ1) is 17.9. The summed E-state index contributed by atoms with van der Waals surface area (Å²) < 4.78 is 4.79. The molecule has 0 aliphatic carbocycles. The first-order valence-electron chi connectivity index (χ1n) is 12.1. The Morgan fingerprint density at radius 2 is 1.70 bits per heavy atom. The number of Topliss-reactive ketones (excluding diaryl/α,β-unsaturated/α-hetero) is 2. The Labute approximate surface area is 214 Å². The number of para-hydroxylation sites is 1. The van der Waals surface area contributed by atoms with Gasteiger partial charge >= 0.3 is 5.97 Å². The number of esters is 1. The van der Waals surface area contributed by atoms with Crippen LogP contribution in [0.4, 0.5) is 0 Å². The maximum Gasteiger partial charge on any atom is 0.337 e. The number of aromatic nitrogens is 1. The minimum atomic E-state index is -1.18. The number of aromatic amines is 1. The maximum atomic E-state index is 13.6. The lowest BCUT2D eigenvalue weighted by Crippen LogP contribution is -2.32. The fourth-order valence-electron chi connectivity index (χ4n) is 5.09. The number of hydrogen-bond acceptors (Lipinski definition) is 5. The lowest BCUT2D eigenvalue weighted by Gasteiger charge is -2.27. The Hall–Kier alpha value is -4.52. The molecule has 1 aromatic heterocycles. The molecule has 1 aliphatic rings. The van der Waals surface area contributed by atoms with Crippen LogP contribution in [0.2, 0.25) is 0 Å². The van der Waals surface area contributed by atoms with Gasteiger partial charge in [0.25, 0.3) is 5.91 Å². The summed E-state index contributed by atoms with van der Waals surface area (Å²) in [5, 5.41) is 1.05. The van der Waals surface area contributed by atoms with Gasteiger partial charge in [-0.1, -0.05) is 54.1 Å². The van der Waals surface area contributed by atoms with Crippen LogP contribution in [0, 0.1) is 12.8 Å². The second-order valence-electron chi connectivity index (χ2n) is 9.24. The summed E-state index contributed by atoms with van der Waals surface area (Å²) in [6.45, 7) is 2.13. The standard InChI is InChI=1S/C30H26N2O5/c1-18-6-5-7-21(16-18)27(33)25-26(19-10-12-20(13-11-19)30(36)37-2)32(29(35)28(25)34)15-14-22-17-31-24-9-4-3-8-23(22)24/h3-13,16-17,25-26,31H,14-15H2,1-2H3. The fourth-order valence-corrected chi connectivity index (χ4v) is 5.09. The van der Waals surface area contributed by atoms with E-state index in [2.05, 4.69) is 4.98 Å². The van der Waals surface area contributed by atoms with Crippen molar-refractivity contribution in [2.45, 2.75) is 19.4 Å². The zero-order chi connectivity index (χ0) is 26.1. The lowest BCUT2D eigenvalue weighted by atomic mass is 9.85. The largest absolute Gasteiger partial charge is 0.465 e. The van der Waals surface area contributed by atoms with Gasteiger partial charge in [0.15, 0.2) is 5.78 Å². The van der Waals surface area contributed by atoms with E-state index in [-0.39, 0.29) is 6.54 Å². The van der Waals surface area contributed by atoms with Crippen LogP contribution in [-0.4, -0.2) is 47.0 Å². The number of aryl methyl sites for hydroxylation is 1. The molecular formula is C30H26N2O5. The van der Waals surface area contributed by atoms with Crippen molar-refractivity contribution in [3.05, 3.63) is 107 Å². The number of benzene rings is 3. The summed E-state index contributed by atoms with van der Waals surface area (Å²) >= 11 is 0.